The maximum absolute atomic E-state index is 7.39. The first-order valence-electron chi connectivity index (χ1n) is 22.4. The highest BCUT2D eigenvalue weighted by Crippen LogP contribution is 2.49. The first kappa shape index (κ1) is 37.5. The van der Waals surface area contributed by atoms with Crippen LogP contribution in [0.1, 0.15) is 25.3 Å². The Hall–Kier alpha value is -8.09. The van der Waals surface area contributed by atoms with E-state index in [1.165, 1.54) is 0 Å². The maximum atomic E-state index is 7.39. The summed E-state index contributed by atoms with van der Waals surface area (Å²) in [5.41, 5.74) is 18.0. The predicted octanol–water partition coefficient (Wildman–Crippen LogP) is 12.2. The number of rotatable bonds is 7. The van der Waals surface area contributed by atoms with Gasteiger partial charge in [0.25, 0.3) is 0 Å². The van der Waals surface area contributed by atoms with Crippen molar-refractivity contribution in [3.8, 4) is 45.3 Å². The molecule has 4 aliphatic rings. The molecule has 0 aromatic heterocycles. The highest BCUT2D eigenvalue weighted by molar-refractivity contribution is 6.88. The molecule has 4 aliphatic heterocycles. The number of fused-ring (bicyclic) bond motifs is 8. The van der Waals surface area contributed by atoms with E-state index in [-0.39, 0.29) is 12.8 Å². The van der Waals surface area contributed by atoms with Crippen molar-refractivity contribution in [1.29, 1.82) is 0 Å². The first-order valence-corrected chi connectivity index (χ1v) is 22.4. The van der Waals surface area contributed by atoms with Gasteiger partial charge in [0.1, 0.15) is 23.0 Å². The number of benzene rings is 9. The van der Waals surface area contributed by atoms with Crippen LogP contribution in [0.3, 0.4) is 0 Å². The number of hydrogen-bond donors (Lipinski definition) is 1. The fourth-order valence-electron chi connectivity index (χ4n) is 10.5. The van der Waals surface area contributed by atoms with Crippen LogP contribution in [0.4, 0.5) is 45.5 Å². The molecule has 0 fully saturated rings. The van der Waals surface area contributed by atoms with Gasteiger partial charge in [-0.25, -0.2) is 0 Å². The van der Waals surface area contributed by atoms with Crippen molar-refractivity contribution in [1.82, 2.24) is 0 Å². The van der Waals surface area contributed by atoms with Gasteiger partial charge in [0.2, 0.25) is 0 Å². The lowest BCUT2D eigenvalue weighted by molar-refractivity contribution is 0.471. The molecule has 9 aromatic rings. The number of ether oxygens (including phenoxy) is 1. The molecule has 0 atom stereocenters. The smallest absolute Gasteiger partial charge is 0.434 e. The molecule has 0 saturated heterocycles. The zero-order valence-electron chi connectivity index (χ0n) is 35.9. The van der Waals surface area contributed by atoms with E-state index < -0.39 is 6.92 Å². The van der Waals surface area contributed by atoms with Crippen molar-refractivity contribution >= 4 is 81.2 Å². The van der Waals surface area contributed by atoms with E-state index in [0.29, 0.717) is 0 Å². The quantitative estimate of drug-likeness (QED) is 0.161. The summed E-state index contributed by atoms with van der Waals surface area (Å²) in [5, 5.41) is 4.04. The van der Waals surface area contributed by atoms with Gasteiger partial charge in [-0.3, -0.25) is 0 Å². The van der Waals surface area contributed by atoms with Crippen LogP contribution in [0.2, 0.25) is 0 Å². The molecule has 1 N–H and O–H groups in total. The predicted molar refractivity (Wildman–Crippen MR) is 268 cm³/mol. The van der Waals surface area contributed by atoms with Gasteiger partial charge < -0.3 is 29.2 Å². The van der Waals surface area contributed by atoms with Crippen LogP contribution in [0.15, 0.2) is 200 Å². The van der Waals surface area contributed by atoms with E-state index in [1.54, 1.807) is 0 Å². The van der Waals surface area contributed by atoms with Crippen LogP contribution in [0.5, 0.6) is 23.0 Å². The normalized spacial score (nSPS) is 13.0. The van der Waals surface area contributed by atoms with E-state index in [4.69, 9.17) is 14.0 Å². The second-order valence-electron chi connectivity index (χ2n) is 17.4. The van der Waals surface area contributed by atoms with E-state index in [0.717, 1.165) is 118 Å². The van der Waals surface area contributed by atoms with E-state index >= 15 is 0 Å². The third kappa shape index (κ3) is 5.90. The molecule has 0 aliphatic carbocycles. The van der Waals surface area contributed by atoms with Crippen molar-refractivity contribution in [2.24, 2.45) is 0 Å². The van der Waals surface area contributed by atoms with E-state index in [9.17, 15) is 0 Å². The minimum Gasteiger partial charge on any atom is -0.551 e. The fourth-order valence-corrected chi connectivity index (χ4v) is 10.5. The van der Waals surface area contributed by atoms with E-state index in [2.05, 4.69) is 229 Å². The molecular weight excluding hydrogens is 796 g/mol. The van der Waals surface area contributed by atoms with Crippen LogP contribution >= 0.6 is 0 Å². The summed E-state index contributed by atoms with van der Waals surface area (Å²) >= 11 is 0. The summed E-state index contributed by atoms with van der Waals surface area (Å²) < 4.78 is 21.7. The lowest BCUT2D eigenvalue weighted by Crippen LogP contribution is -2.59. The topological polar surface area (TPSA) is 46.2 Å². The zero-order valence-corrected chi connectivity index (χ0v) is 35.9. The Morgan fingerprint density at radius 3 is 1.37 bits per heavy atom. The van der Waals surface area contributed by atoms with Gasteiger partial charge in [-0.05, 0) is 101 Å². The second kappa shape index (κ2) is 14.7. The molecule has 9 aromatic carbocycles. The molecule has 0 spiro atoms. The highest BCUT2D eigenvalue weighted by Gasteiger charge is 2.47. The van der Waals surface area contributed by atoms with Crippen molar-refractivity contribution in [2.75, 3.05) is 15.1 Å². The largest absolute Gasteiger partial charge is 0.551 e. The minimum atomic E-state index is -0.415. The first-order chi connectivity index (χ1) is 32.1. The third-order valence-electron chi connectivity index (χ3n) is 13.2. The van der Waals surface area contributed by atoms with Gasteiger partial charge in [-0.15, -0.1) is 0 Å². The molecule has 0 amide bonds. The van der Waals surface area contributed by atoms with E-state index in [1.807, 2.05) is 0 Å². The molecule has 0 bridgehead atoms. The Balaban J connectivity index is 1.02. The Bertz CT molecular complexity index is 3040. The molecule has 0 radical (unpaired) electrons. The van der Waals surface area contributed by atoms with Gasteiger partial charge in [0, 0.05) is 79.0 Å². The van der Waals surface area contributed by atoms with Gasteiger partial charge in [0.05, 0.1) is 5.69 Å². The SMILES string of the molecule is CC(C)c1c2c(cc3c1Oc1cc(N(c4ccccc4)c4ccccc4)cc4c1B3Oc1ccccc1-4)B1Oc3ccccc3-c3cc(N(c4ccccc4)c4ccccc4)cc(c31)N2. The number of nitrogens with zero attached hydrogens (tertiary/aromatic N) is 2. The standard InChI is InChI=1S/C57H41B2N3O3/c1-36(2)53-56-47(58-54-45(43-27-15-17-29-50(43)64-58)31-41(33-49(54)60-56)61(37-19-7-3-8-20-37)38-21-9-4-10-22-38)35-48-57(53)63-52-34-42(32-46-44-28-16-18-30-51(44)65-59(48)55(46)52)62(39-23-11-5-12-24-39)40-25-13-6-14-26-40/h3-36,60H,1-2H3. The Labute approximate surface area is 379 Å². The molecule has 0 saturated carbocycles. The lowest BCUT2D eigenvalue weighted by atomic mass is 9.45. The van der Waals surface area contributed by atoms with Crippen LogP contribution in [0, 0.1) is 0 Å². The van der Waals surface area contributed by atoms with Crippen molar-refractivity contribution in [3.63, 3.8) is 0 Å². The Kier molecular flexibility index (Phi) is 8.50. The summed E-state index contributed by atoms with van der Waals surface area (Å²) in [7, 11) is 0. The van der Waals surface area contributed by atoms with Crippen molar-refractivity contribution < 1.29 is 14.0 Å². The van der Waals surface area contributed by atoms with Crippen molar-refractivity contribution in [3.05, 3.63) is 206 Å². The molecule has 6 nitrogen and oxygen atoms in total. The van der Waals surface area contributed by atoms with Gasteiger partial charge >= 0.3 is 13.8 Å². The molecule has 13 rings (SSSR count). The van der Waals surface area contributed by atoms with Crippen LogP contribution in [-0.2, 0) is 0 Å². The molecular formula is C57H41B2N3O3. The van der Waals surface area contributed by atoms with Crippen LogP contribution < -0.4 is 51.0 Å². The number of nitrogens with one attached hydrogen (secondary N) is 1. The fraction of sp³-hybridized carbons (Fsp3) is 0.0526. The average Bonchev–Trinajstić information content (AvgIpc) is 3.35. The second-order valence-corrected chi connectivity index (χ2v) is 17.4. The van der Waals surface area contributed by atoms with Crippen LogP contribution in [-0.4, -0.2) is 13.8 Å². The average molecular weight is 838 g/mol. The van der Waals surface area contributed by atoms with Crippen LogP contribution in [0.25, 0.3) is 22.3 Å². The summed E-state index contributed by atoms with van der Waals surface area (Å²) in [6, 6.07) is 70.5. The molecule has 65 heavy (non-hydrogen) atoms. The summed E-state index contributed by atoms with van der Waals surface area (Å²) in [4.78, 5) is 4.64. The third-order valence-corrected chi connectivity index (χ3v) is 13.2. The number of hydrogen-bond acceptors (Lipinski definition) is 6. The molecule has 8 heteroatoms. The monoisotopic (exact) mass is 837 g/mol. The van der Waals surface area contributed by atoms with Crippen molar-refractivity contribution in [2.45, 2.75) is 19.8 Å². The summed E-state index contributed by atoms with van der Waals surface area (Å²) in [6.07, 6.45) is 0. The lowest BCUT2D eigenvalue weighted by Gasteiger charge is -2.40. The number of para-hydroxylation sites is 6. The Morgan fingerprint density at radius 2 is 0.862 bits per heavy atom. The van der Waals surface area contributed by atoms with Gasteiger partial charge in [-0.1, -0.05) is 129 Å². The zero-order chi connectivity index (χ0) is 43.2. The maximum Gasteiger partial charge on any atom is 0.434 e. The van der Waals surface area contributed by atoms with Gasteiger partial charge in [-0.2, -0.15) is 0 Å². The molecule has 308 valence electrons. The summed E-state index contributed by atoms with van der Waals surface area (Å²) in [6.45, 7) is 3.71. The highest BCUT2D eigenvalue weighted by atomic mass is 16.5. The number of anilines is 8. The van der Waals surface area contributed by atoms with Gasteiger partial charge in [0.15, 0.2) is 0 Å². The Morgan fingerprint density at radius 1 is 0.415 bits per heavy atom. The summed E-state index contributed by atoms with van der Waals surface area (Å²) in [5.74, 6) is 3.38. The minimum absolute atomic E-state index is 0.0710. The molecule has 0 unspecified atom stereocenters. The molecule has 4 heterocycles.